The lowest BCUT2D eigenvalue weighted by atomic mass is 10.1. The van der Waals surface area contributed by atoms with Crippen LogP contribution >= 0.6 is 0 Å². The third-order valence-electron chi connectivity index (χ3n) is 1.71. The van der Waals surface area contributed by atoms with Gasteiger partial charge in [-0.05, 0) is 26.3 Å². The fourth-order valence-electron chi connectivity index (χ4n) is 1.17. The molecule has 0 aliphatic heterocycles. The summed E-state index contributed by atoms with van der Waals surface area (Å²) in [6.45, 7) is 11.7. The zero-order valence-corrected chi connectivity index (χ0v) is 10.2. The summed E-state index contributed by atoms with van der Waals surface area (Å²) < 4.78 is 2.72. The van der Waals surface area contributed by atoms with E-state index in [1.807, 2.05) is 0 Å². The predicted molar refractivity (Wildman–Crippen MR) is 50.4 cm³/mol. The first kappa shape index (κ1) is 9.39. The van der Waals surface area contributed by atoms with E-state index >= 15 is 0 Å². The van der Waals surface area contributed by atoms with Crippen molar-refractivity contribution in [3.63, 3.8) is 0 Å². The van der Waals surface area contributed by atoms with E-state index in [1.165, 1.54) is 0 Å². The van der Waals surface area contributed by atoms with Crippen LogP contribution in [0.3, 0.4) is 0 Å². The summed E-state index contributed by atoms with van der Waals surface area (Å²) in [4.78, 5) is 0. The first-order chi connectivity index (χ1) is 4.02. The summed E-state index contributed by atoms with van der Waals surface area (Å²) in [6, 6.07) is 0. The van der Waals surface area contributed by atoms with E-state index in [9.17, 15) is 0 Å². The zero-order chi connectivity index (χ0) is 7.49. The highest BCUT2D eigenvalue weighted by Crippen LogP contribution is 2.08. The summed E-state index contributed by atoms with van der Waals surface area (Å²) in [7, 11) is 0.238. The molecule has 0 atom stereocenters. The van der Waals surface area contributed by atoms with E-state index in [0.29, 0.717) is 5.54 Å². The Labute approximate surface area is 63.6 Å². The first-order valence-electron chi connectivity index (χ1n) is 3.77. The van der Waals surface area contributed by atoms with Crippen molar-refractivity contribution in [1.29, 1.82) is 0 Å². The third-order valence-corrected chi connectivity index (χ3v) is 7.82. The highest BCUT2D eigenvalue weighted by atomic mass is 28.3. The highest BCUT2D eigenvalue weighted by Gasteiger charge is 2.16. The van der Waals surface area contributed by atoms with E-state index < -0.39 is 0 Å². The fraction of sp³-hybridized carbons (Fsp3) is 1.00. The second-order valence-corrected chi connectivity index (χ2v) is 7.03. The van der Waals surface area contributed by atoms with Crippen molar-refractivity contribution in [2.75, 3.05) is 0 Å². The number of nitrogens with zero attached hydrogens (tertiary/aromatic N) is 1. The van der Waals surface area contributed by atoms with Crippen LogP contribution in [0.4, 0.5) is 0 Å². The lowest BCUT2D eigenvalue weighted by molar-refractivity contribution is 0.378. The van der Waals surface area contributed by atoms with Gasteiger partial charge in [0.15, 0.2) is 0 Å². The molecule has 0 saturated heterocycles. The molecule has 9 heavy (non-hydrogen) atoms. The molecular weight excluding hydrogens is 142 g/mol. The lowest BCUT2D eigenvalue weighted by Gasteiger charge is -2.34. The van der Waals surface area contributed by atoms with E-state index in [1.54, 1.807) is 0 Å². The lowest BCUT2D eigenvalue weighted by Crippen LogP contribution is -2.44. The molecular formula is C6H19NSi2. The molecule has 0 spiro atoms. The molecule has 0 aromatic heterocycles. The van der Waals surface area contributed by atoms with Crippen LogP contribution in [-0.4, -0.2) is 29.1 Å². The van der Waals surface area contributed by atoms with Gasteiger partial charge in [0.25, 0.3) is 0 Å². The van der Waals surface area contributed by atoms with Crippen molar-refractivity contribution >= 4 is 19.4 Å². The maximum absolute atomic E-state index is 2.72. The van der Waals surface area contributed by atoms with Gasteiger partial charge < -0.3 is 4.23 Å². The molecule has 0 bridgehead atoms. The maximum atomic E-state index is 2.72. The van der Waals surface area contributed by atoms with Gasteiger partial charge in [0.05, 0.1) is 19.4 Å². The fourth-order valence-corrected chi connectivity index (χ4v) is 4.86. The SMILES string of the molecule is C[SiH2]N([SiH2]C)C(C)(C)C. The van der Waals surface area contributed by atoms with Crippen LogP contribution in [0.5, 0.6) is 0 Å². The molecule has 0 saturated carbocycles. The average molecular weight is 161 g/mol. The molecule has 0 rings (SSSR count). The molecule has 3 heteroatoms. The summed E-state index contributed by atoms with van der Waals surface area (Å²) >= 11 is 0. The average Bonchev–Trinajstić information content (AvgIpc) is 1.65. The molecule has 0 heterocycles. The molecule has 0 amide bonds. The van der Waals surface area contributed by atoms with Gasteiger partial charge in [-0.25, -0.2) is 0 Å². The molecule has 0 N–H and O–H groups in total. The van der Waals surface area contributed by atoms with E-state index in [0.717, 1.165) is 0 Å². The van der Waals surface area contributed by atoms with Crippen molar-refractivity contribution < 1.29 is 0 Å². The summed E-state index contributed by atoms with van der Waals surface area (Å²) in [5.74, 6) is 0. The summed E-state index contributed by atoms with van der Waals surface area (Å²) in [5.41, 5.74) is 0.474. The van der Waals surface area contributed by atoms with E-state index in [-0.39, 0.29) is 19.4 Å². The van der Waals surface area contributed by atoms with Crippen LogP contribution in [0.15, 0.2) is 0 Å². The Hall–Kier alpha value is 0.394. The zero-order valence-electron chi connectivity index (χ0n) is 7.36. The maximum Gasteiger partial charge on any atom is 0.0844 e. The van der Waals surface area contributed by atoms with Gasteiger partial charge >= 0.3 is 0 Å². The van der Waals surface area contributed by atoms with E-state index in [2.05, 4.69) is 38.1 Å². The molecule has 56 valence electrons. The second-order valence-electron chi connectivity index (χ2n) is 3.34. The van der Waals surface area contributed by atoms with Crippen molar-refractivity contribution in [3.8, 4) is 0 Å². The molecule has 0 aromatic rings. The molecule has 0 unspecified atom stereocenters. The highest BCUT2D eigenvalue weighted by molar-refractivity contribution is 6.48. The van der Waals surface area contributed by atoms with Crippen LogP contribution in [0.25, 0.3) is 0 Å². The first-order valence-corrected chi connectivity index (χ1v) is 7.86. The minimum atomic E-state index is 0.119. The predicted octanol–water partition coefficient (Wildman–Crippen LogP) is 0.351. The Bertz CT molecular complexity index is 73.6. The number of hydrogen-bond donors (Lipinski definition) is 0. The summed E-state index contributed by atoms with van der Waals surface area (Å²) in [6.07, 6.45) is 0. The Morgan fingerprint density at radius 3 is 1.33 bits per heavy atom. The van der Waals surface area contributed by atoms with Gasteiger partial charge in [-0.3, -0.25) is 0 Å². The smallest absolute Gasteiger partial charge is 0.0844 e. The minimum Gasteiger partial charge on any atom is -0.351 e. The molecule has 0 aliphatic rings. The standard InChI is InChI=1S/C6H19NSi2/c1-6(2,3)7(8-4)9-5/h8-9H2,1-5H3. The molecule has 1 nitrogen and oxygen atoms in total. The van der Waals surface area contributed by atoms with Gasteiger partial charge in [0.2, 0.25) is 0 Å². The van der Waals surface area contributed by atoms with Crippen LogP contribution < -0.4 is 0 Å². The largest absolute Gasteiger partial charge is 0.351 e. The van der Waals surface area contributed by atoms with Gasteiger partial charge in [0.1, 0.15) is 0 Å². The van der Waals surface area contributed by atoms with Crippen molar-refractivity contribution in [3.05, 3.63) is 0 Å². The Kier molecular flexibility index (Phi) is 3.69. The molecule has 0 aliphatic carbocycles. The summed E-state index contributed by atoms with van der Waals surface area (Å²) in [5, 5.41) is 0. The number of hydrogen-bond acceptors (Lipinski definition) is 1. The minimum absolute atomic E-state index is 0.119. The van der Waals surface area contributed by atoms with Crippen LogP contribution in [0, 0.1) is 0 Å². The van der Waals surface area contributed by atoms with Crippen LogP contribution in [0.1, 0.15) is 20.8 Å². The topological polar surface area (TPSA) is 3.24 Å². The van der Waals surface area contributed by atoms with Gasteiger partial charge in [-0.15, -0.1) is 0 Å². The normalized spacial score (nSPS) is 15.3. The number of rotatable bonds is 2. The van der Waals surface area contributed by atoms with Crippen molar-refractivity contribution in [2.45, 2.75) is 39.4 Å². The monoisotopic (exact) mass is 161 g/mol. The van der Waals surface area contributed by atoms with E-state index in [4.69, 9.17) is 0 Å². The van der Waals surface area contributed by atoms with Crippen molar-refractivity contribution in [2.24, 2.45) is 0 Å². The molecule has 0 aromatic carbocycles. The van der Waals surface area contributed by atoms with Gasteiger partial charge in [-0.1, -0.05) is 13.1 Å². The Balaban J connectivity index is 3.79. The molecule has 0 fully saturated rings. The Morgan fingerprint density at radius 2 is 1.33 bits per heavy atom. The van der Waals surface area contributed by atoms with Crippen LogP contribution in [-0.2, 0) is 0 Å². The van der Waals surface area contributed by atoms with Crippen LogP contribution in [0.2, 0.25) is 13.1 Å². The quantitative estimate of drug-likeness (QED) is 0.528. The Morgan fingerprint density at radius 1 is 1.00 bits per heavy atom. The van der Waals surface area contributed by atoms with Gasteiger partial charge in [0, 0.05) is 0 Å². The third kappa shape index (κ3) is 3.18. The molecule has 0 radical (unpaired) electrons. The second kappa shape index (κ2) is 3.53. The van der Waals surface area contributed by atoms with Crippen molar-refractivity contribution in [1.82, 2.24) is 4.23 Å². The van der Waals surface area contributed by atoms with Gasteiger partial charge in [-0.2, -0.15) is 0 Å².